The fourth-order valence-corrected chi connectivity index (χ4v) is 3.76. The normalized spacial score (nSPS) is 13.5. The second-order valence-corrected chi connectivity index (χ2v) is 7.64. The quantitative estimate of drug-likeness (QED) is 0.572. The molecular weight excluding hydrogens is 397 g/mol. The summed E-state index contributed by atoms with van der Waals surface area (Å²) in [5, 5.41) is 31.6. The van der Waals surface area contributed by atoms with Crippen molar-refractivity contribution >= 4 is 22.9 Å². The average molecular weight is 427 g/mol. The van der Waals surface area contributed by atoms with Crippen LogP contribution >= 0.6 is 0 Å². The van der Waals surface area contributed by atoms with Crippen molar-refractivity contribution in [3.05, 3.63) is 66.1 Å². The molecule has 1 heterocycles. The highest BCUT2D eigenvalue weighted by atomic mass is 19.1. The number of carboxylic acids is 1. The van der Waals surface area contributed by atoms with Gasteiger partial charge in [0.25, 0.3) is 0 Å². The number of aliphatic carboxylic acids is 1. The van der Waals surface area contributed by atoms with Gasteiger partial charge in [0, 0.05) is 47.0 Å². The first kappa shape index (κ1) is 24.3. The van der Waals surface area contributed by atoms with E-state index in [1.807, 2.05) is 24.3 Å². The van der Waals surface area contributed by atoms with Crippen molar-refractivity contribution < 1.29 is 24.5 Å². The SMILES string of the molecule is C.CC(C)n1c(/C=C/[C@@H](O)C[C@@H](O)CC(=O)[O-])c(-c2ccc(F)cc2)c2ccccc21. The molecule has 0 bridgehead atoms. The lowest BCUT2D eigenvalue weighted by molar-refractivity contribution is -0.307. The highest BCUT2D eigenvalue weighted by Gasteiger charge is 2.19. The van der Waals surface area contributed by atoms with Crippen LogP contribution < -0.4 is 5.11 Å². The maximum Gasteiger partial charge on any atom is 0.123 e. The number of aliphatic hydroxyl groups excluding tert-OH is 2. The van der Waals surface area contributed by atoms with Gasteiger partial charge in [0.15, 0.2) is 0 Å². The fourth-order valence-electron chi connectivity index (χ4n) is 3.76. The zero-order valence-corrected chi connectivity index (χ0v) is 17.0. The third-order valence-electron chi connectivity index (χ3n) is 4.99. The predicted molar refractivity (Wildman–Crippen MR) is 120 cm³/mol. The Bertz CT molecular complexity index is 1050. The molecule has 0 saturated carbocycles. The first-order valence-electron chi connectivity index (χ1n) is 9.91. The molecule has 0 saturated heterocycles. The van der Waals surface area contributed by atoms with Crippen LogP contribution in [-0.2, 0) is 4.79 Å². The highest BCUT2D eigenvalue weighted by molar-refractivity contribution is 6.01. The second kappa shape index (κ2) is 10.4. The first-order valence-corrected chi connectivity index (χ1v) is 9.91. The number of carbonyl (C=O) groups excluding carboxylic acids is 1. The van der Waals surface area contributed by atoms with Crippen LogP contribution in [0.4, 0.5) is 4.39 Å². The van der Waals surface area contributed by atoms with Gasteiger partial charge >= 0.3 is 0 Å². The van der Waals surface area contributed by atoms with E-state index in [0.717, 1.165) is 27.7 Å². The van der Waals surface area contributed by atoms with E-state index in [-0.39, 0.29) is 25.7 Å². The summed E-state index contributed by atoms with van der Waals surface area (Å²) < 4.78 is 15.6. The molecule has 2 N–H and O–H groups in total. The van der Waals surface area contributed by atoms with Gasteiger partial charge in [-0.3, -0.25) is 0 Å². The van der Waals surface area contributed by atoms with E-state index < -0.39 is 24.6 Å². The highest BCUT2D eigenvalue weighted by Crippen LogP contribution is 2.38. The molecule has 0 aliphatic carbocycles. The average Bonchev–Trinajstić information content (AvgIpc) is 3.00. The zero-order chi connectivity index (χ0) is 21.8. The molecular formula is C25H29FNO4-. The van der Waals surface area contributed by atoms with Crippen LogP contribution in [0.5, 0.6) is 0 Å². The summed E-state index contributed by atoms with van der Waals surface area (Å²) in [4.78, 5) is 10.6. The van der Waals surface area contributed by atoms with E-state index in [0.29, 0.717) is 0 Å². The van der Waals surface area contributed by atoms with E-state index in [1.54, 1.807) is 24.3 Å². The Hall–Kier alpha value is -2.96. The molecule has 0 spiro atoms. The number of hydrogen-bond acceptors (Lipinski definition) is 4. The molecule has 2 atom stereocenters. The number of hydrogen-bond donors (Lipinski definition) is 2. The van der Waals surface area contributed by atoms with E-state index >= 15 is 0 Å². The zero-order valence-electron chi connectivity index (χ0n) is 17.0. The molecule has 3 aromatic rings. The van der Waals surface area contributed by atoms with Crippen LogP contribution in [0.2, 0.25) is 0 Å². The lowest BCUT2D eigenvalue weighted by Gasteiger charge is -2.15. The third-order valence-corrected chi connectivity index (χ3v) is 4.99. The molecule has 0 aliphatic heterocycles. The Morgan fingerprint density at radius 3 is 2.39 bits per heavy atom. The minimum Gasteiger partial charge on any atom is -0.550 e. The van der Waals surface area contributed by atoms with Crippen molar-refractivity contribution in [2.75, 3.05) is 0 Å². The molecule has 0 amide bonds. The lowest BCUT2D eigenvalue weighted by Crippen LogP contribution is -2.29. The second-order valence-electron chi connectivity index (χ2n) is 7.64. The number of fused-ring (bicyclic) bond motifs is 1. The van der Waals surface area contributed by atoms with E-state index in [1.165, 1.54) is 12.1 Å². The van der Waals surface area contributed by atoms with Gasteiger partial charge in [0.2, 0.25) is 0 Å². The Morgan fingerprint density at radius 1 is 1.13 bits per heavy atom. The lowest BCUT2D eigenvalue weighted by atomic mass is 10.0. The number of carboxylic acid groups (broad SMARTS) is 1. The minimum atomic E-state index is -1.36. The van der Waals surface area contributed by atoms with Crippen LogP contribution in [-0.4, -0.2) is 33.0 Å². The summed E-state index contributed by atoms with van der Waals surface area (Å²) in [7, 11) is 0. The topological polar surface area (TPSA) is 85.5 Å². The third kappa shape index (κ3) is 5.60. The predicted octanol–water partition coefficient (Wildman–Crippen LogP) is 3.93. The summed E-state index contributed by atoms with van der Waals surface area (Å²) in [6.45, 7) is 4.11. The monoisotopic (exact) mass is 426 g/mol. The fraction of sp³-hybridized carbons (Fsp3) is 0.320. The number of nitrogens with zero attached hydrogens (tertiary/aromatic N) is 1. The van der Waals surface area contributed by atoms with Gasteiger partial charge in [-0.15, -0.1) is 0 Å². The van der Waals surface area contributed by atoms with Crippen LogP contribution in [0.25, 0.3) is 28.1 Å². The molecule has 2 aromatic carbocycles. The molecule has 0 fully saturated rings. The first-order chi connectivity index (χ1) is 14.3. The molecule has 5 nitrogen and oxygen atoms in total. The summed E-state index contributed by atoms with van der Waals surface area (Å²) in [5.74, 6) is -1.68. The molecule has 3 rings (SSSR count). The number of para-hydroxylation sites is 1. The summed E-state index contributed by atoms with van der Waals surface area (Å²) in [6.07, 6.45) is 0.450. The van der Waals surface area contributed by atoms with Gasteiger partial charge in [-0.1, -0.05) is 43.8 Å². The van der Waals surface area contributed by atoms with Crippen LogP contribution in [0.15, 0.2) is 54.6 Å². The number of aliphatic hydroxyl groups is 2. The van der Waals surface area contributed by atoms with E-state index in [9.17, 15) is 24.5 Å². The number of benzene rings is 2. The van der Waals surface area contributed by atoms with Gasteiger partial charge in [-0.25, -0.2) is 4.39 Å². The standard InChI is InChI=1S/C24H26FNO4.CH4/c1-15(2)26-21-6-4-3-5-20(21)24(16-7-9-17(25)10-8-16)22(26)12-11-18(27)13-19(28)14-23(29)30;/h3-12,15,18-19,27-28H,13-14H2,1-2H3,(H,29,30);1H4/p-1/b12-11+;/t18-,19-;/m1./s1. The van der Waals surface area contributed by atoms with Crippen molar-refractivity contribution in [1.82, 2.24) is 4.57 Å². The molecule has 0 radical (unpaired) electrons. The van der Waals surface area contributed by atoms with Crippen molar-refractivity contribution in [2.24, 2.45) is 0 Å². The Morgan fingerprint density at radius 2 is 1.77 bits per heavy atom. The van der Waals surface area contributed by atoms with Gasteiger partial charge in [0.05, 0.1) is 12.2 Å². The van der Waals surface area contributed by atoms with Crippen molar-refractivity contribution in [1.29, 1.82) is 0 Å². The Labute approximate surface area is 182 Å². The largest absolute Gasteiger partial charge is 0.550 e. The van der Waals surface area contributed by atoms with Gasteiger partial charge in [0.1, 0.15) is 5.82 Å². The molecule has 1 aromatic heterocycles. The van der Waals surface area contributed by atoms with Gasteiger partial charge in [-0.05, 0) is 43.7 Å². The van der Waals surface area contributed by atoms with Crippen molar-refractivity contribution in [2.45, 2.75) is 52.4 Å². The summed E-state index contributed by atoms with van der Waals surface area (Å²) in [5.41, 5.74) is 3.61. The van der Waals surface area contributed by atoms with Crippen molar-refractivity contribution in [3.63, 3.8) is 0 Å². The molecule has 0 aliphatic rings. The number of halogens is 1. The Balaban J connectivity index is 0.00000341. The maximum absolute atomic E-state index is 13.5. The van der Waals surface area contributed by atoms with Gasteiger partial charge < -0.3 is 24.7 Å². The van der Waals surface area contributed by atoms with Crippen LogP contribution in [0.3, 0.4) is 0 Å². The maximum atomic E-state index is 13.5. The number of rotatable bonds is 8. The van der Waals surface area contributed by atoms with Gasteiger partial charge in [-0.2, -0.15) is 0 Å². The van der Waals surface area contributed by atoms with Crippen molar-refractivity contribution in [3.8, 4) is 11.1 Å². The molecule has 0 unspecified atom stereocenters. The number of aromatic nitrogens is 1. The smallest absolute Gasteiger partial charge is 0.123 e. The minimum absolute atomic E-state index is 0. The van der Waals surface area contributed by atoms with E-state index in [4.69, 9.17) is 0 Å². The summed E-state index contributed by atoms with van der Waals surface area (Å²) >= 11 is 0. The molecule has 31 heavy (non-hydrogen) atoms. The molecule has 166 valence electrons. The van der Waals surface area contributed by atoms with Crippen LogP contribution in [0, 0.1) is 5.82 Å². The Kier molecular flexibility index (Phi) is 8.14. The molecule has 6 heteroatoms. The summed E-state index contributed by atoms with van der Waals surface area (Å²) in [6, 6.07) is 14.3. The number of carbonyl (C=O) groups is 1. The van der Waals surface area contributed by atoms with E-state index in [2.05, 4.69) is 18.4 Å². The van der Waals surface area contributed by atoms with Crippen LogP contribution in [0.1, 0.15) is 45.9 Å².